The van der Waals surface area contributed by atoms with E-state index >= 15 is 0 Å². The molecule has 30 heavy (non-hydrogen) atoms. The fourth-order valence-electron chi connectivity index (χ4n) is 4.42. The number of carbonyl (C=O) groups is 1. The second-order valence-corrected chi connectivity index (χ2v) is 7.97. The number of nitrogens with zero attached hydrogens (tertiary/aromatic N) is 4. The average Bonchev–Trinajstić information content (AvgIpc) is 3.48. The lowest BCUT2D eigenvalue weighted by atomic mass is 10.1. The molecule has 7 heteroatoms. The molecule has 4 heterocycles. The molecule has 2 atom stereocenters. The summed E-state index contributed by atoms with van der Waals surface area (Å²) >= 11 is 0. The van der Waals surface area contributed by atoms with E-state index in [1.54, 1.807) is 29.3 Å². The molecule has 1 aliphatic heterocycles. The molecule has 0 bridgehead atoms. The first-order chi connectivity index (χ1) is 14.6. The van der Waals surface area contributed by atoms with Crippen LogP contribution in [-0.4, -0.2) is 43.1 Å². The number of H-pyrrole nitrogens is 1. The number of aromatic amines is 1. The molecule has 0 aliphatic carbocycles. The standard InChI is InChI=1S/C23H22FN5O/c1-15-8-16(14-29(15)23(30)19-4-2-3-5-20(19)24)13-28-7-6-17-9-21(25-12-22(17)28)18-10-26-27-11-18/h2-7,9-12,15-16H,8,13-14H2,1H3,(H,26,27)/t15-,16-/m0/s1. The number of benzene rings is 1. The van der Waals surface area contributed by atoms with Crippen LogP contribution >= 0.6 is 0 Å². The summed E-state index contributed by atoms with van der Waals surface area (Å²) in [5, 5.41) is 7.91. The first-order valence-corrected chi connectivity index (χ1v) is 10.1. The summed E-state index contributed by atoms with van der Waals surface area (Å²) < 4.78 is 16.3. The SMILES string of the molecule is C[C@H]1C[C@@H](Cn2ccc3cc(-c4cn[nH]c4)ncc32)CN1C(=O)c1ccccc1F. The van der Waals surface area contributed by atoms with Gasteiger partial charge in [-0.3, -0.25) is 14.9 Å². The highest BCUT2D eigenvalue weighted by molar-refractivity contribution is 5.94. The molecule has 1 aromatic carbocycles. The van der Waals surface area contributed by atoms with Crippen LogP contribution in [0, 0.1) is 11.7 Å². The van der Waals surface area contributed by atoms with Gasteiger partial charge in [-0.1, -0.05) is 12.1 Å². The van der Waals surface area contributed by atoms with E-state index in [9.17, 15) is 9.18 Å². The Morgan fingerprint density at radius 2 is 2.13 bits per heavy atom. The summed E-state index contributed by atoms with van der Waals surface area (Å²) in [6.07, 6.45) is 8.43. The molecule has 0 unspecified atom stereocenters. The zero-order chi connectivity index (χ0) is 20.7. The van der Waals surface area contributed by atoms with Crippen LogP contribution in [-0.2, 0) is 6.54 Å². The molecule has 0 radical (unpaired) electrons. The molecule has 1 fully saturated rings. The van der Waals surface area contributed by atoms with Crippen LogP contribution in [0.4, 0.5) is 4.39 Å². The number of rotatable bonds is 4. The molecule has 0 spiro atoms. The Morgan fingerprint density at radius 1 is 1.27 bits per heavy atom. The number of hydrogen-bond acceptors (Lipinski definition) is 3. The topological polar surface area (TPSA) is 66.8 Å². The number of pyridine rings is 1. The van der Waals surface area contributed by atoms with Gasteiger partial charge < -0.3 is 9.47 Å². The van der Waals surface area contributed by atoms with Gasteiger partial charge in [0.25, 0.3) is 5.91 Å². The zero-order valence-corrected chi connectivity index (χ0v) is 16.6. The lowest BCUT2D eigenvalue weighted by Gasteiger charge is -2.22. The van der Waals surface area contributed by atoms with Gasteiger partial charge in [-0.15, -0.1) is 0 Å². The van der Waals surface area contributed by atoms with Crippen LogP contribution in [0.3, 0.4) is 0 Å². The van der Waals surface area contributed by atoms with Gasteiger partial charge in [0.2, 0.25) is 0 Å². The minimum Gasteiger partial charge on any atom is -0.346 e. The van der Waals surface area contributed by atoms with E-state index in [2.05, 4.69) is 38.1 Å². The quantitative estimate of drug-likeness (QED) is 0.557. The van der Waals surface area contributed by atoms with Gasteiger partial charge in [0.05, 0.1) is 29.2 Å². The monoisotopic (exact) mass is 403 g/mol. The van der Waals surface area contributed by atoms with E-state index in [1.807, 2.05) is 19.3 Å². The van der Waals surface area contributed by atoms with E-state index < -0.39 is 5.82 Å². The van der Waals surface area contributed by atoms with Crippen LogP contribution in [0.5, 0.6) is 0 Å². The molecular weight excluding hydrogens is 381 g/mol. The Morgan fingerprint density at radius 3 is 2.93 bits per heavy atom. The van der Waals surface area contributed by atoms with Crippen molar-refractivity contribution in [2.45, 2.75) is 25.9 Å². The molecular formula is C23H22FN5O. The lowest BCUT2D eigenvalue weighted by Crippen LogP contribution is -2.34. The van der Waals surface area contributed by atoms with Crippen molar-refractivity contribution >= 4 is 16.8 Å². The highest BCUT2D eigenvalue weighted by Crippen LogP contribution is 2.29. The van der Waals surface area contributed by atoms with Crippen molar-refractivity contribution in [2.75, 3.05) is 6.54 Å². The first kappa shape index (κ1) is 18.5. The molecule has 1 amide bonds. The number of aromatic nitrogens is 4. The van der Waals surface area contributed by atoms with E-state index in [-0.39, 0.29) is 17.5 Å². The molecule has 6 nitrogen and oxygen atoms in total. The molecule has 1 N–H and O–H groups in total. The minimum absolute atomic E-state index is 0.0785. The molecule has 0 saturated carbocycles. The maximum absolute atomic E-state index is 14.1. The van der Waals surface area contributed by atoms with Gasteiger partial charge in [-0.2, -0.15) is 5.10 Å². The largest absolute Gasteiger partial charge is 0.346 e. The van der Waals surface area contributed by atoms with Crippen molar-refractivity contribution in [3.8, 4) is 11.3 Å². The van der Waals surface area contributed by atoms with Crippen molar-refractivity contribution in [2.24, 2.45) is 5.92 Å². The number of nitrogens with one attached hydrogen (secondary N) is 1. The minimum atomic E-state index is -0.464. The van der Waals surface area contributed by atoms with Gasteiger partial charge in [-0.25, -0.2) is 4.39 Å². The highest BCUT2D eigenvalue weighted by Gasteiger charge is 2.34. The summed E-state index contributed by atoms with van der Waals surface area (Å²) in [6, 6.07) is 10.4. The lowest BCUT2D eigenvalue weighted by molar-refractivity contribution is 0.0737. The second-order valence-electron chi connectivity index (χ2n) is 7.97. The third kappa shape index (κ3) is 3.26. The van der Waals surface area contributed by atoms with E-state index in [0.717, 1.165) is 35.1 Å². The van der Waals surface area contributed by atoms with E-state index in [0.29, 0.717) is 12.5 Å². The molecule has 3 aromatic heterocycles. The van der Waals surface area contributed by atoms with Crippen LogP contribution in [0.15, 0.2) is 61.2 Å². The predicted octanol–water partition coefficient (Wildman–Crippen LogP) is 4.12. The van der Waals surface area contributed by atoms with Gasteiger partial charge >= 0.3 is 0 Å². The molecule has 5 rings (SSSR count). The number of hydrogen-bond donors (Lipinski definition) is 1. The van der Waals surface area contributed by atoms with E-state index in [1.165, 1.54) is 6.07 Å². The van der Waals surface area contributed by atoms with Gasteiger partial charge in [0.1, 0.15) is 5.82 Å². The fraction of sp³-hybridized carbons (Fsp3) is 0.261. The molecule has 4 aromatic rings. The van der Waals surface area contributed by atoms with Crippen LogP contribution < -0.4 is 0 Å². The van der Waals surface area contributed by atoms with Crippen molar-refractivity contribution in [1.82, 2.24) is 24.6 Å². The third-order valence-corrected chi connectivity index (χ3v) is 5.93. The first-order valence-electron chi connectivity index (χ1n) is 10.1. The predicted molar refractivity (Wildman–Crippen MR) is 112 cm³/mol. The average molecular weight is 403 g/mol. The summed E-state index contributed by atoms with van der Waals surface area (Å²) in [6.45, 7) is 3.45. The Bertz CT molecular complexity index is 1200. The molecule has 1 saturated heterocycles. The molecule has 1 aliphatic rings. The van der Waals surface area contributed by atoms with Crippen molar-refractivity contribution in [3.63, 3.8) is 0 Å². The normalized spacial score (nSPS) is 18.9. The van der Waals surface area contributed by atoms with Gasteiger partial charge in [0, 0.05) is 42.5 Å². The van der Waals surface area contributed by atoms with Crippen LogP contribution in [0.1, 0.15) is 23.7 Å². The maximum atomic E-state index is 14.1. The third-order valence-electron chi connectivity index (χ3n) is 5.93. The number of fused-ring (bicyclic) bond motifs is 1. The van der Waals surface area contributed by atoms with Crippen molar-refractivity contribution < 1.29 is 9.18 Å². The maximum Gasteiger partial charge on any atom is 0.257 e. The molecule has 152 valence electrons. The summed E-state index contributed by atoms with van der Waals surface area (Å²) in [5.41, 5.74) is 3.04. The number of likely N-dealkylation sites (tertiary alicyclic amines) is 1. The zero-order valence-electron chi connectivity index (χ0n) is 16.6. The summed E-state index contributed by atoms with van der Waals surface area (Å²) in [5.74, 6) is -0.388. The van der Waals surface area contributed by atoms with Gasteiger partial charge in [-0.05, 0) is 43.5 Å². The summed E-state index contributed by atoms with van der Waals surface area (Å²) in [4.78, 5) is 19.2. The van der Waals surface area contributed by atoms with Crippen molar-refractivity contribution in [3.05, 3.63) is 72.6 Å². The second kappa shape index (κ2) is 7.40. The fourth-order valence-corrected chi connectivity index (χ4v) is 4.42. The Balaban J connectivity index is 1.33. The Labute approximate surface area is 173 Å². The Kier molecular flexibility index (Phi) is 4.58. The van der Waals surface area contributed by atoms with E-state index in [4.69, 9.17) is 0 Å². The summed E-state index contributed by atoms with van der Waals surface area (Å²) in [7, 11) is 0. The van der Waals surface area contributed by atoms with Crippen molar-refractivity contribution in [1.29, 1.82) is 0 Å². The van der Waals surface area contributed by atoms with Crippen LogP contribution in [0.2, 0.25) is 0 Å². The van der Waals surface area contributed by atoms with Crippen LogP contribution in [0.25, 0.3) is 22.2 Å². The highest BCUT2D eigenvalue weighted by atomic mass is 19.1. The van der Waals surface area contributed by atoms with Gasteiger partial charge in [0.15, 0.2) is 0 Å². The smallest absolute Gasteiger partial charge is 0.257 e. The number of amides is 1. The number of halogens is 1. The Hall–Kier alpha value is -3.48. The number of carbonyl (C=O) groups excluding carboxylic acids is 1.